The molecule has 1 aromatic carbocycles. The highest BCUT2D eigenvalue weighted by molar-refractivity contribution is 7.89. The van der Waals surface area contributed by atoms with E-state index in [0.29, 0.717) is 0 Å². The van der Waals surface area contributed by atoms with Gasteiger partial charge in [0.05, 0.1) is 4.90 Å². The molecule has 2 aromatic rings. The van der Waals surface area contributed by atoms with E-state index < -0.39 is 10.0 Å². The van der Waals surface area contributed by atoms with Crippen molar-refractivity contribution < 1.29 is 8.42 Å². The summed E-state index contributed by atoms with van der Waals surface area (Å²) in [6, 6.07) is 9.13. The molecule has 1 aliphatic carbocycles. The zero-order valence-electron chi connectivity index (χ0n) is 11.8. The first-order chi connectivity index (χ1) is 9.95. The van der Waals surface area contributed by atoms with Gasteiger partial charge in [-0.25, -0.2) is 13.6 Å². The Morgan fingerprint density at radius 2 is 1.76 bits per heavy atom. The van der Waals surface area contributed by atoms with Crippen LogP contribution in [0.5, 0.6) is 0 Å². The lowest BCUT2D eigenvalue weighted by Gasteiger charge is -2.07. The Labute approximate surface area is 129 Å². The number of rotatable bonds is 3. The summed E-state index contributed by atoms with van der Waals surface area (Å²) in [5.74, 6) is 0. The third-order valence-electron chi connectivity index (χ3n) is 3.78. The fourth-order valence-electron chi connectivity index (χ4n) is 2.77. The number of hydrogen-bond acceptors (Lipinski definition) is 3. The van der Waals surface area contributed by atoms with Crippen LogP contribution in [-0.4, -0.2) is 8.42 Å². The minimum absolute atomic E-state index is 0.165. The fourth-order valence-corrected chi connectivity index (χ4v) is 4.29. The van der Waals surface area contributed by atoms with Crippen LogP contribution in [0, 0.1) is 6.92 Å². The number of nitrogens with two attached hydrogens (primary N) is 1. The SMILES string of the molecule is Cc1csc(C2=C(c3ccc(S(N)(=O)=O)cc3)CCC2)c1. The smallest absolute Gasteiger partial charge is 0.225 e. The van der Waals surface area contributed by atoms with Crippen LogP contribution in [0.4, 0.5) is 0 Å². The molecule has 21 heavy (non-hydrogen) atoms. The maximum atomic E-state index is 11.3. The van der Waals surface area contributed by atoms with Crippen molar-refractivity contribution in [3.63, 3.8) is 0 Å². The van der Waals surface area contributed by atoms with Crippen molar-refractivity contribution in [1.29, 1.82) is 0 Å². The number of primary sulfonamides is 1. The topological polar surface area (TPSA) is 60.2 Å². The number of benzene rings is 1. The number of hydrogen-bond donors (Lipinski definition) is 1. The molecule has 2 N–H and O–H groups in total. The van der Waals surface area contributed by atoms with Crippen LogP contribution in [0.3, 0.4) is 0 Å². The van der Waals surface area contributed by atoms with Gasteiger partial charge in [0.25, 0.3) is 0 Å². The van der Waals surface area contributed by atoms with E-state index in [9.17, 15) is 8.42 Å². The Kier molecular flexibility index (Phi) is 3.73. The summed E-state index contributed by atoms with van der Waals surface area (Å²) in [4.78, 5) is 1.49. The second-order valence-electron chi connectivity index (χ2n) is 5.37. The molecule has 0 amide bonds. The molecule has 0 radical (unpaired) electrons. The first-order valence-corrected chi connectivity index (χ1v) is 9.28. The summed E-state index contributed by atoms with van der Waals surface area (Å²) in [6.07, 6.45) is 3.28. The highest BCUT2D eigenvalue weighted by atomic mass is 32.2. The van der Waals surface area contributed by atoms with E-state index in [1.807, 2.05) is 12.1 Å². The van der Waals surface area contributed by atoms with Crippen molar-refractivity contribution in [2.45, 2.75) is 31.1 Å². The average Bonchev–Trinajstić information content (AvgIpc) is 3.06. The first kappa shape index (κ1) is 14.5. The fraction of sp³-hybridized carbons (Fsp3) is 0.250. The molecule has 3 rings (SSSR count). The van der Waals surface area contributed by atoms with E-state index in [0.717, 1.165) is 24.8 Å². The van der Waals surface area contributed by atoms with Crippen molar-refractivity contribution in [1.82, 2.24) is 0 Å². The normalized spacial score (nSPS) is 15.7. The molecular weight excluding hydrogens is 302 g/mol. The van der Waals surface area contributed by atoms with Crippen LogP contribution in [0.15, 0.2) is 40.6 Å². The Morgan fingerprint density at radius 3 is 2.33 bits per heavy atom. The van der Waals surface area contributed by atoms with Crippen molar-refractivity contribution in [2.24, 2.45) is 5.14 Å². The highest BCUT2D eigenvalue weighted by Gasteiger charge is 2.19. The van der Waals surface area contributed by atoms with E-state index in [1.165, 1.54) is 21.6 Å². The van der Waals surface area contributed by atoms with Crippen LogP contribution in [0.1, 0.15) is 35.3 Å². The van der Waals surface area contributed by atoms with Crippen LogP contribution in [0.2, 0.25) is 0 Å². The lowest BCUT2D eigenvalue weighted by molar-refractivity contribution is 0.598. The summed E-state index contributed by atoms with van der Waals surface area (Å²) in [5.41, 5.74) is 5.12. The lowest BCUT2D eigenvalue weighted by atomic mass is 10.0. The van der Waals surface area contributed by atoms with Crippen LogP contribution >= 0.6 is 11.3 Å². The molecule has 3 nitrogen and oxygen atoms in total. The molecule has 0 aliphatic heterocycles. The Bertz CT molecular complexity index is 799. The number of sulfonamides is 1. The molecule has 1 heterocycles. The summed E-state index contributed by atoms with van der Waals surface area (Å²) < 4.78 is 22.6. The van der Waals surface area contributed by atoms with Crippen molar-refractivity contribution in [3.05, 3.63) is 51.7 Å². The molecule has 0 saturated heterocycles. The third kappa shape index (κ3) is 2.95. The minimum atomic E-state index is -3.62. The minimum Gasteiger partial charge on any atom is -0.225 e. The largest absolute Gasteiger partial charge is 0.238 e. The molecule has 0 unspecified atom stereocenters. The van der Waals surface area contributed by atoms with Crippen LogP contribution in [-0.2, 0) is 10.0 Å². The van der Waals surface area contributed by atoms with Gasteiger partial charge in [0.2, 0.25) is 10.0 Å². The summed E-state index contributed by atoms with van der Waals surface area (Å²) >= 11 is 1.78. The molecule has 0 atom stereocenters. The molecule has 1 aliphatic rings. The monoisotopic (exact) mass is 319 g/mol. The number of aryl methyl sites for hydroxylation is 1. The molecule has 0 saturated carbocycles. The molecule has 0 spiro atoms. The van der Waals surface area contributed by atoms with Gasteiger partial charge >= 0.3 is 0 Å². The molecular formula is C16H17NO2S2. The molecule has 110 valence electrons. The summed E-state index contributed by atoms with van der Waals surface area (Å²) in [5, 5.41) is 7.31. The zero-order chi connectivity index (χ0) is 15.0. The van der Waals surface area contributed by atoms with Gasteiger partial charge in [-0.05, 0) is 72.0 Å². The predicted octanol–water partition coefficient (Wildman–Crippen LogP) is 3.80. The van der Waals surface area contributed by atoms with Crippen LogP contribution in [0.25, 0.3) is 11.1 Å². The number of thiophene rings is 1. The van der Waals surface area contributed by atoms with Gasteiger partial charge in [0.15, 0.2) is 0 Å². The quantitative estimate of drug-likeness (QED) is 0.935. The zero-order valence-corrected chi connectivity index (χ0v) is 13.4. The third-order valence-corrected chi connectivity index (χ3v) is 5.81. The van der Waals surface area contributed by atoms with E-state index in [4.69, 9.17) is 5.14 Å². The first-order valence-electron chi connectivity index (χ1n) is 6.86. The van der Waals surface area contributed by atoms with E-state index >= 15 is 0 Å². The van der Waals surface area contributed by atoms with Crippen molar-refractivity contribution in [2.75, 3.05) is 0 Å². The van der Waals surface area contributed by atoms with Crippen LogP contribution < -0.4 is 5.14 Å². The Hall–Kier alpha value is -1.43. The molecule has 1 aromatic heterocycles. The van der Waals surface area contributed by atoms with Crippen molar-refractivity contribution in [3.8, 4) is 0 Å². The van der Waals surface area contributed by atoms with Gasteiger partial charge in [-0.3, -0.25) is 0 Å². The van der Waals surface area contributed by atoms with E-state index in [2.05, 4.69) is 18.4 Å². The van der Waals surface area contributed by atoms with Gasteiger partial charge < -0.3 is 0 Å². The maximum absolute atomic E-state index is 11.3. The van der Waals surface area contributed by atoms with Crippen molar-refractivity contribution >= 4 is 32.5 Å². The predicted molar refractivity (Wildman–Crippen MR) is 87.5 cm³/mol. The Balaban J connectivity index is 2.02. The van der Waals surface area contributed by atoms with Gasteiger partial charge in [0.1, 0.15) is 0 Å². The maximum Gasteiger partial charge on any atom is 0.238 e. The molecule has 0 fully saturated rings. The average molecular weight is 319 g/mol. The molecule has 5 heteroatoms. The molecule has 0 bridgehead atoms. The summed E-state index contributed by atoms with van der Waals surface area (Å²) in [7, 11) is -3.62. The van der Waals surface area contributed by atoms with Gasteiger partial charge in [-0.15, -0.1) is 11.3 Å². The Morgan fingerprint density at radius 1 is 1.10 bits per heavy atom. The standard InChI is InChI=1S/C16H17NO2S2/c1-11-9-16(20-10-11)15-4-2-3-14(15)12-5-7-13(8-6-12)21(17,18)19/h5-10H,2-4H2,1H3,(H2,17,18,19). The van der Waals surface area contributed by atoms with E-state index in [1.54, 1.807) is 23.5 Å². The highest BCUT2D eigenvalue weighted by Crippen LogP contribution is 2.41. The second-order valence-corrected chi connectivity index (χ2v) is 7.84. The summed E-state index contributed by atoms with van der Waals surface area (Å²) in [6.45, 7) is 2.11. The van der Waals surface area contributed by atoms with Gasteiger partial charge in [-0.2, -0.15) is 0 Å². The van der Waals surface area contributed by atoms with Gasteiger partial charge in [-0.1, -0.05) is 12.1 Å². The second kappa shape index (κ2) is 5.40. The lowest BCUT2D eigenvalue weighted by Crippen LogP contribution is -2.11. The van der Waals surface area contributed by atoms with E-state index in [-0.39, 0.29) is 4.90 Å². The van der Waals surface area contributed by atoms with Gasteiger partial charge in [0, 0.05) is 4.88 Å². The number of allylic oxidation sites excluding steroid dienone is 2.